The zero-order valence-corrected chi connectivity index (χ0v) is 9.49. The van der Waals surface area contributed by atoms with Crippen molar-refractivity contribution < 1.29 is 8.78 Å². The molecule has 0 saturated carbocycles. The molecule has 16 heavy (non-hydrogen) atoms. The number of halogens is 4. The van der Waals surface area contributed by atoms with Crippen molar-refractivity contribution in [2.45, 2.75) is 0 Å². The lowest BCUT2D eigenvalue weighted by atomic mass is 10.1. The van der Waals surface area contributed by atoms with Crippen LogP contribution in [0.3, 0.4) is 0 Å². The molecule has 0 nitrogen and oxygen atoms in total. The van der Waals surface area contributed by atoms with Crippen LogP contribution in [0.15, 0.2) is 36.4 Å². The molecule has 0 heterocycles. The summed E-state index contributed by atoms with van der Waals surface area (Å²) in [7, 11) is 0. The predicted octanol–water partition coefficient (Wildman–Crippen LogP) is 4.94. The van der Waals surface area contributed by atoms with Gasteiger partial charge in [0.2, 0.25) is 0 Å². The van der Waals surface area contributed by atoms with Crippen molar-refractivity contribution in [2.24, 2.45) is 0 Å². The van der Waals surface area contributed by atoms with Crippen molar-refractivity contribution in [1.82, 2.24) is 0 Å². The molecule has 2 aromatic carbocycles. The van der Waals surface area contributed by atoms with Crippen LogP contribution in [0.1, 0.15) is 0 Å². The van der Waals surface area contributed by atoms with Gasteiger partial charge in [0.15, 0.2) is 0 Å². The topological polar surface area (TPSA) is 0 Å². The minimum Gasteiger partial charge on any atom is -0.207 e. The average molecular weight is 259 g/mol. The van der Waals surface area contributed by atoms with E-state index in [-0.39, 0.29) is 10.0 Å². The maximum absolute atomic E-state index is 13.1. The van der Waals surface area contributed by atoms with Crippen LogP contribution in [0, 0.1) is 11.6 Å². The standard InChI is InChI=1S/C12H6Cl2F2/c13-9-3-8(4-10(15)6-9)7-1-2-12(16)11(14)5-7/h1-6H. The summed E-state index contributed by atoms with van der Waals surface area (Å²) in [4.78, 5) is 0. The highest BCUT2D eigenvalue weighted by molar-refractivity contribution is 6.31. The molecule has 2 rings (SSSR count). The van der Waals surface area contributed by atoms with Crippen LogP contribution < -0.4 is 0 Å². The van der Waals surface area contributed by atoms with Crippen molar-refractivity contribution in [1.29, 1.82) is 0 Å². The van der Waals surface area contributed by atoms with Crippen LogP contribution in [0.4, 0.5) is 8.78 Å². The van der Waals surface area contributed by atoms with Crippen LogP contribution in [0.25, 0.3) is 11.1 Å². The van der Waals surface area contributed by atoms with Crippen LogP contribution in [-0.4, -0.2) is 0 Å². The molecule has 82 valence electrons. The van der Waals surface area contributed by atoms with Gasteiger partial charge >= 0.3 is 0 Å². The smallest absolute Gasteiger partial charge is 0.141 e. The van der Waals surface area contributed by atoms with Gasteiger partial charge < -0.3 is 0 Å². The van der Waals surface area contributed by atoms with E-state index in [1.54, 1.807) is 6.07 Å². The average Bonchev–Trinajstić information content (AvgIpc) is 2.20. The summed E-state index contributed by atoms with van der Waals surface area (Å²) in [5, 5.41) is 0.285. The maximum Gasteiger partial charge on any atom is 0.141 e. The van der Waals surface area contributed by atoms with Gasteiger partial charge in [0.25, 0.3) is 0 Å². The second-order valence-electron chi connectivity index (χ2n) is 3.29. The van der Waals surface area contributed by atoms with Crippen LogP contribution >= 0.6 is 23.2 Å². The van der Waals surface area contributed by atoms with E-state index in [0.717, 1.165) is 0 Å². The summed E-state index contributed by atoms with van der Waals surface area (Å²) in [6.45, 7) is 0. The van der Waals surface area contributed by atoms with Gasteiger partial charge in [0.05, 0.1) is 5.02 Å². The van der Waals surface area contributed by atoms with Crippen molar-refractivity contribution in [3.05, 3.63) is 58.1 Å². The molecule has 0 saturated heterocycles. The summed E-state index contributed by atoms with van der Waals surface area (Å²) in [5.74, 6) is -0.948. The number of benzene rings is 2. The van der Waals surface area contributed by atoms with Crippen molar-refractivity contribution >= 4 is 23.2 Å². The molecule has 0 unspecified atom stereocenters. The highest BCUT2D eigenvalue weighted by Crippen LogP contribution is 2.27. The Morgan fingerprint density at radius 1 is 0.812 bits per heavy atom. The molecule has 0 amide bonds. The molecule has 0 aliphatic carbocycles. The first-order chi connectivity index (χ1) is 7.56. The zero-order chi connectivity index (χ0) is 11.7. The number of rotatable bonds is 1. The third kappa shape index (κ3) is 2.34. The van der Waals surface area contributed by atoms with Crippen LogP contribution in [-0.2, 0) is 0 Å². The highest BCUT2D eigenvalue weighted by atomic mass is 35.5. The SMILES string of the molecule is Fc1cc(Cl)cc(-c2ccc(F)c(Cl)c2)c1. The third-order valence-electron chi connectivity index (χ3n) is 2.12. The fourth-order valence-corrected chi connectivity index (χ4v) is 1.80. The van der Waals surface area contributed by atoms with Gasteiger partial charge in [-0.3, -0.25) is 0 Å². The van der Waals surface area contributed by atoms with Gasteiger partial charge in [-0.1, -0.05) is 29.3 Å². The molecule has 0 bridgehead atoms. The highest BCUT2D eigenvalue weighted by Gasteiger charge is 2.05. The van der Waals surface area contributed by atoms with Crippen molar-refractivity contribution in [2.75, 3.05) is 0 Å². The van der Waals surface area contributed by atoms with E-state index in [1.807, 2.05) is 0 Å². The van der Waals surface area contributed by atoms with Gasteiger partial charge in [-0.15, -0.1) is 0 Å². The lowest BCUT2D eigenvalue weighted by molar-refractivity contribution is 0.627. The lowest BCUT2D eigenvalue weighted by Crippen LogP contribution is -1.83. The Balaban J connectivity index is 2.54. The van der Waals surface area contributed by atoms with E-state index < -0.39 is 11.6 Å². The Kier molecular flexibility index (Phi) is 3.13. The van der Waals surface area contributed by atoms with E-state index >= 15 is 0 Å². The van der Waals surface area contributed by atoms with Crippen molar-refractivity contribution in [3.8, 4) is 11.1 Å². The van der Waals surface area contributed by atoms with Gasteiger partial charge in [-0.2, -0.15) is 0 Å². The molecule has 0 spiro atoms. The molecular weight excluding hydrogens is 253 g/mol. The summed E-state index contributed by atoms with van der Waals surface area (Å²) in [6, 6.07) is 8.30. The minimum absolute atomic E-state index is 0.00196. The first kappa shape index (κ1) is 11.4. The number of hydrogen-bond donors (Lipinski definition) is 0. The van der Waals surface area contributed by atoms with Crippen molar-refractivity contribution in [3.63, 3.8) is 0 Å². The second-order valence-corrected chi connectivity index (χ2v) is 4.13. The largest absolute Gasteiger partial charge is 0.207 e. The molecule has 0 aromatic heterocycles. The summed E-state index contributed by atoms with van der Waals surface area (Å²) < 4.78 is 26.0. The Labute approximate surface area is 101 Å². The predicted molar refractivity (Wildman–Crippen MR) is 61.8 cm³/mol. The third-order valence-corrected chi connectivity index (χ3v) is 2.62. The van der Waals surface area contributed by atoms with Gasteiger partial charge in [0.1, 0.15) is 11.6 Å². The monoisotopic (exact) mass is 258 g/mol. The first-order valence-electron chi connectivity index (χ1n) is 4.48. The lowest BCUT2D eigenvalue weighted by Gasteiger charge is -2.04. The van der Waals surface area contributed by atoms with Crippen LogP contribution in [0.5, 0.6) is 0 Å². The molecule has 0 fully saturated rings. The fraction of sp³-hybridized carbons (Fsp3) is 0. The Bertz CT molecular complexity index is 518. The molecule has 0 radical (unpaired) electrons. The Morgan fingerprint density at radius 2 is 1.56 bits per heavy atom. The van der Waals surface area contributed by atoms with E-state index in [9.17, 15) is 8.78 Å². The fourth-order valence-electron chi connectivity index (χ4n) is 1.40. The summed E-state index contributed by atoms with van der Waals surface area (Å²) in [6.07, 6.45) is 0. The molecule has 0 N–H and O–H groups in total. The van der Waals surface area contributed by atoms with E-state index in [1.165, 1.54) is 30.3 Å². The normalized spacial score (nSPS) is 10.5. The molecule has 0 atom stereocenters. The molecule has 4 heteroatoms. The molecule has 2 aromatic rings. The van der Waals surface area contributed by atoms with E-state index in [4.69, 9.17) is 23.2 Å². The molecule has 0 aliphatic heterocycles. The summed E-state index contributed by atoms with van der Waals surface area (Å²) in [5.41, 5.74) is 1.18. The quantitative estimate of drug-likeness (QED) is 0.680. The first-order valence-corrected chi connectivity index (χ1v) is 5.23. The zero-order valence-electron chi connectivity index (χ0n) is 7.98. The maximum atomic E-state index is 13.1. The Hall–Kier alpha value is -1.12. The van der Waals surface area contributed by atoms with Gasteiger partial charge in [0, 0.05) is 5.02 Å². The van der Waals surface area contributed by atoms with Gasteiger partial charge in [-0.05, 0) is 41.5 Å². The van der Waals surface area contributed by atoms with Crippen LogP contribution in [0.2, 0.25) is 10.0 Å². The molecular formula is C12H6Cl2F2. The van der Waals surface area contributed by atoms with E-state index in [2.05, 4.69) is 0 Å². The minimum atomic E-state index is -0.507. The molecule has 0 aliphatic rings. The van der Waals surface area contributed by atoms with Gasteiger partial charge in [-0.25, -0.2) is 8.78 Å². The second kappa shape index (κ2) is 4.40. The summed E-state index contributed by atoms with van der Waals surface area (Å²) >= 11 is 11.4. The Morgan fingerprint density at radius 3 is 2.19 bits per heavy atom. The number of hydrogen-bond acceptors (Lipinski definition) is 0. The van der Waals surface area contributed by atoms with E-state index in [0.29, 0.717) is 11.1 Å².